The second-order valence-corrected chi connectivity index (χ2v) is 13.4. The first-order valence-corrected chi connectivity index (χ1v) is 16.2. The Kier molecular flexibility index (Phi) is 8.85. The zero-order valence-corrected chi connectivity index (χ0v) is 26.3. The molecule has 45 heavy (non-hydrogen) atoms. The lowest BCUT2D eigenvalue weighted by Gasteiger charge is -2.33. The summed E-state index contributed by atoms with van der Waals surface area (Å²) in [4.78, 5) is 45.1. The molecule has 0 saturated carbocycles. The van der Waals surface area contributed by atoms with E-state index in [1.54, 1.807) is 51.2 Å². The number of likely N-dealkylation sites (N-methyl/N-ethyl adjacent to an activating group) is 1. The maximum Gasteiger partial charge on any atom is 0.421 e. The summed E-state index contributed by atoms with van der Waals surface area (Å²) in [5, 5.41) is 4.31. The van der Waals surface area contributed by atoms with Gasteiger partial charge in [0.15, 0.2) is 0 Å². The fraction of sp³-hybridized carbons (Fsp3) is 0.387. The maximum absolute atomic E-state index is 14.1. The fourth-order valence-corrected chi connectivity index (χ4v) is 7.39. The first-order chi connectivity index (χ1) is 21.2. The summed E-state index contributed by atoms with van der Waals surface area (Å²) < 4.78 is 54.6. The van der Waals surface area contributed by atoms with Crippen molar-refractivity contribution in [3.05, 3.63) is 76.5 Å². The van der Waals surface area contributed by atoms with E-state index in [1.165, 1.54) is 4.90 Å². The van der Waals surface area contributed by atoms with Gasteiger partial charge < -0.3 is 30.2 Å². The molecule has 3 heterocycles. The second-order valence-electron chi connectivity index (χ2n) is 11.5. The Balaban J connectivity index is 1.49. The molecule has 0 atom stereocenters. The predicted octanol–water partition coefficient (Wildman–Crippen LogP) is 6.48. The summed E-state index contributed by atoms with van der Waals surface area (Å²) in [6, 6.07) is 9.74. The number of aromatic nitrogens is 2. The van der Waals surface area contributed by atoms with Crippen LogP contribution < -0.4 is 10.6 Å². The topological polar surface area (TPSA) is 131 Å². The molecule has 0 radical (unpaired) electrons. The van der Waals surface area contributed by atoms with Crippen molar-refractivity contribution in [1.29, 1.82) is 0 Å². The molecule has 240 valence electrons. The largest absolute Gasteiger partial charge is 0.421 e. The van der Waals surface area contributed by atoms with Crippen LogP contribution in [0.2, 0.25) is 0 Å². The maximum atomic E-state index is 14.1. The highest BCUT2D eigenvalue weighted by Crippen LogP contribution is 2.61. The smallest absolute Gasteiger partial charge is 0.339 e. The van der Waals surface area contributed by atoms with Gasteiger partial charge in [0.05, 0.1) is 16.4 Å². The molecule has 0 aliphatic carbocycles. The van der Waals surface area contributed by atoms with Gasteiger partial charge in [-0.25, -0.2) is 4.98 Å². The lowest BCUT2D eigenvalue weighted by molar-refractivity contribution is -0.137. The zero-order valence-electron chi connectivity index (χ0n) is 25.4. The van der Waals surface area contributed by atoms with Crippen LogP contribution in [0.4, 0.5) is 36.3 Å². The number of carbonyl (C=O) groups is 1. The SMILES string of the molecule is CCC(CC)(c1ccc(Nc2ncc(C(F)(F)F)c(Nc3ccc(C4=CCN(C)CC4)c4c3C(=O)N(C)C4)n2)cc1)P(=O)(O)O. The van der Waals surface area contributed by atoms with Crippen molar-refractivity contribution < 1.29 is 32.3 Å². The van der Waals surface area contributed by atoms with E-state index < -0.39 is 30.3 Å². The third kappa shape index (κ3) is 6.22. The highest BCUT2D eigenvalue weighted by Gasteiger charge is 2.45. The van der Waals surface area contributed by atoms with Crippen LogP contribution in [-0.4, -0.2) is 62.6 Å². The van der Waals surface area contributed by atoms with E-state index in [-0.39, 0.29) is 30.4 Å². The second kappa shape index (κ2) is 12.2. The summed E-state index contributed by atoms with van der Waals surface area (Å²) in [7, 11) is -0.813. The molecule has 4 N–H and O–H groups in total. The van der Waals surface area contributed by atoms with Gasteiger partial charge in [0.2, 0.25) is 5.95 Å². The standard InChI is InChI=1S/C31H36F3N6O4P/c1-5-30(6-2,45(42,43)44)20-7-9-21(10-8-20)36-29-35-17-24(31(32,33)34)27(38-29)37-25-12-11-22(19-13-15-39(3)16-14-19)23-18-40(4)28(41)26(23)25/h7-13,17H,5-6,14-16,18H2,1-4H3,(H2,42,43,44)(H2,35,36,37,38). The molecule has 2 aromatic carbocycles. The van der Waals surface area contributed by atoms with Gasteiger partial charge in [0, 0.05) is 38.6 Å². The van der Waals surface area contributed by atoms with E-state index >= 15 is 0 Å². The first-order valence-electron chi connectivity index (χ1n) is 14.6. The van der Waals surface area contributed by atoms with Crippen LogP contribution in [0.25, 0.3) is 5.57 Å². The molecule has 2 aliphatic rings. The number of fused-ring (bicyclic) bond motifs is 1. The van der Waals surface area contributed by atoms with Gasteiger partial charge in [-0.2, -0.15) is 18.2 Å². The summed E-state index contributed by atoms with van der Waals surface area (Å²) in [6.07, 6.45) is -0.763. The van der Waals surface area contributed by atoms with E-state index in [4.69, 9.17) is 0 Å². The molecule has 5 rings (SSSR count). The van der Waals surface area contributed by atoms with Crippen LogP contribution in [0, 0.1) is 0 Å². The molecule has 2 aliphatic heterocycles. The molecule has 1 amide bonds. The van der Waals surface area contributed by atoms with Crippen LogP contribution in [0.1, 0.15) is 65.7 Å². The number of carbonyl (C=O) groups excluding carboxylic acids is 1. The van der Waals surface area contributed by atoms with Crippen LogP contribution in [0.15, 0.2) is 48.7 Å². The van der Waals surface area contributed by atoms with Gasteiger partial charge in [0.25, 0.3) is 5.91 Å². The number of benzene rings is 2. The molecule has 1 aromatic heterocycles. The Morgan fingerprint density at radius 3 is 2.29 bits per heavy atom. The van der Waals surface area contributed by atoms with E-state index in [0.29, 0.717) is 29.6 Å². The number of amides is 1. The monoisotopic (exact) mass is 644 g/mol. The number of halogens is 3. The Bertz CT molecular complexity index is 1690. The van der Waals surface area contributed by atoms with Crippen molar-refractivity contribution in [2.45, 2.75) is 51.0 Å². The summed E-state index contributed by atoms with van der Waals surface area (Å²) in [6.45, 7) is 5.38. The number of hydrogen-bond donors (Lipinski definition) is 4. The van der Waals surface area contributed by atoms with Gasteiger partial charge in [-0.15, -0.1) is 0 Å². The van der Waals surface area contributed by atoms with E-state index in [9.17, 15) is 32.3 Å². The third-order valence-electron chi connectivity index (χ3n) is 8.78. The summed E-state index contributed by atoms with van der Waals surface area (Å²) >= 11 is 0. The van der Waals surface area contributed by atoms with E-state index in [1.807, 2.05) is 13.1 Å². The van der Waals surface area contributed by atoms with Gasteiger partial charge in [-0.1, -0.05) is 38.1 Å². The Morgan fingerprint density at radius 1 is 1.02 bits per heavy atom. The number of hydrogen-bond acceptors (Lipinski definition) is 7. The Labute approximate surface area is 259 Å². The van der Waals surface area contributed by atoms with E-state index in [0.717, 1.165) is 36.2 Å². The van der Waals surface area contributed by atoms with E-state index in [2.05, 4.69) is 31.6 Å². The minimum atomic E-state index is -4.78. The molecular formula is C31H36F3N6O4P. The minimum Gasteiger partial charge on any atom is -0.339 e. The number of rotatable bonds is 9. The van der Waals surface area contributed by atoms with Crippen LogP contribution in [-0.2, 0) is 22.4 Å². The molecule has 0 unspecified atom stereocenters. The quantitative estimate of drug-likeness (QED) is 0.193. The number of nitrogens with zero attached hydrogens (tertiary/aromatic N) is 4. The fourth-order valence-electron chi connectivity index (χ4n) is 6.08. The van der Waals surface area contributed by atoms with Gasteiger partial charge in [-0.05, 0) is 66.8 Å². The molecule has 0 fully saturated rings. The van der Waals surface area contributed by atoms with Crippen molar-refractivity contribution in [3.8, 4) is 0 Å². The minimum absolute atomic E-state index is 0.140. The summed E-state index contributed by atoms with van der Waals surface area (Å²) in [5.41, 5.74) is 3.06. The summed E-state index contributed by atoms with van der Waals surface area (Å²) in [5.74, 6) is -0.960. The predicted molar refractivity (Wildman–Crippen MR) is 167 cm³/mol. The average molecular weight is 645 g/mol. The van der Waals surface area contributed by atoms with Crippen LogP contribution >= 0.6 is 7.60 Å². The zero-order chi connectivity index (χ0) is 32.7. The molecule has 3 aromatic rings. The highest BCUT2D eigenvalue weighted by molar-refractivity contribution is 7.53. The highest BCUT2D eigenvalue weighted by atomic mass is 31.2. The van der Waals surface area contributed by atoms with Crippen molar-refractivity contribution in [1.82, 2.24) is 19.8 Å². The lowest BCUT2D eigenvalue weighted by Crippen LogP contribution is -2.24. The molecule has 0 spiro atoms. The van der Waals surface area contributed by atoms with Crippen LogP contribution in [0.3, 0.4) is 0 Å². The number of nitrogens with one attached hydrogen (secondary N) is 2. The van der Waals surface area contributed by atoms with Crippen molar-refractivity contribution in [2.75, 3.05) is 37.8 Å². The third-order valence-corrected chi connectivity index (χ3v) is 10.8. The average Bonchev–Trinajstić information content (AvgIpc) is 3.28. The molecule has 14 heteroatoms. The Morgan fingerprint density at radius 2 is 1.71 bits per heavy atom. The van der Waals surface area contributed by atoms with Gasteiger partial charge in [-0.3, -0.25) is 9.36 Å². The van der Waals surface area contributed by atoms with Gasteiger partial charge >= 0.3 is 13.8 Å². The Hall–Kier alpha value is -3.77. The van der Waals surface area contributed by atoms with Crippen LogP contribution in [0.5, 0.6) is 0 Å². The number of anilines is 4. The van der Waals surface area contributed by atoms with Crippen molar-refractivity contribution in [3.63, 3.8) is 0 Å². The molecule has 0 saturated heterocycles. The van der Waals surface area contributed by atoms with Gasteiger partial charge in [0.1, 0.15) is 11.4 Å². The lowest BCUT2D eigenvalue weighted by atomic mass is 9.92. The number of alkyl halides is 3. The normalized spacial score (nSPS) is 16.1. The molecular weight excluding hydrogens is 608 g/mol. The first kappa shape index (κ1) is 32.6. The van der Waals surface area contributed by atoms with Crippen molar-refractivity contribution in [2.24, 2.45) is 0 Å². The molecule has 0 bridgehead atoms. The van der Waals surface area contributed by atoms with Crippen molar-refractivity contribution >= 4 is 42.2 Å². The molecule has 10 nitrogen and oxygen atoms in total.